The molecule has 2 aromatic carbocycles. The number of nitrogens with one attached hydrogen (secondary N) is 2. The lowest BCUT2D eigenvalue weighted by Gasteiger charge is -2.32. The van der Waals surface area contributed by atoms with Crippen LogP contribution in [-0.2, 0) is 4.79 Å². The van der Waals surface area contributed by atoms with Gasteiger partial charge in [-0.15, -0.1) is 0 Å². The van der Waals surface area contributed by atoms with Crippen molar-refractivity contribution in [2.24, 2.45) is 0 Å². The summed E-state index contributed by atoms with van der Waals surface area (Å²) in [6, 6.07) is 17.4. The molecule has 2 N–H and O–H groups in total. The maximum atomic E-state index is 12.8. The lowest BCUT2D eigenvalue weighted by Crippen LogP contribution is -2.44. The van der Waals surface area contributed by atoms with Gasteiger partial charge in [0, 0.05) is 35.0 Å². The van der Waals surface area contributed by atoms with Crippen molar-refractivity contribution in [2.75, 3.05) is 25.5 Å². The summed E-state index contributed by atoms with van der Waals surface area (Å²) in [5.41, 5.74) is 4.79. The lowest BCUT2D eigenvalue weighted by molar-refractivity contribution is -0.110. The summed E-state index contributed by atoms with van der Waals surface area (Å²) in [5.74, 6) is 1.02. The first-order valence-electron chi connectivity index (χ1n) is 11.8. The van der Waals surface area contributed by atoms with Crippen LogP contribution in [0, 0.1) is 6.92 Å². The smallest absolute Gasteiger partial charge is 0.256 e. The molecule has 3 heterocycles. The molecule has 174 valence electrons. The molecule has 0 saturated carbocycles. The van der Waals surface area contributed by atoms with Crippen molar-refractivity contribution in [3.8, 4) is 11.3 Å². The number of fused-ring (bicyclic) bond motifs is 1. The van der Waals surface area contributed by atoms with Gasteiger partial charge < -0.3 is 20.0 Å². The zero-order chi connectivity index (χ0) is 23.7. The highest BCUT2D eigenvalue weighted by Crippen LogP contribution is 2.34. The molecule has 0 aliphatic carbocycles. The standard InChI is InChI=1S/C28H29N3O3/c1-18-9-11-25-23(14-18)24(28(33)30-25)16-22-10-12-26(34-22)19-6-5-7-20(15-19)27(32)29-17-21-8-3-4-13-31(21)2/h5-7,9-12,14-16,21H,3-4,8,13,17H2,1-2H3,(H,29,32)(H,30,33)/b24-16+. The van der Waals surface area contributed by atoms with Crippen molar-refractivity contribution < 1.29 is 14.0 Å². The number of piperidine rings is 1. The molecule has 5 rings (SSSR count). The van der Waals surface area contributed by atoms with Gasteiger partial charge in [-0.1, -0.05) is 30.2 Å². The Morgan fingerprint density at radius 1 is 1.18 bits per heavy atom. The largest absolute Gasteiger partial charge is 0.457 e. The van der Waals surface area contributed by atoms with Crippen LogP contribution in [0.3, 0.4) is 0 Å². The molecule has 1 aromatic heterocycles. The molecule has 1 fully saturated rings. The van der Waals surface area contributed by atoms with E-state index in [9.17, 15) is 9.59 Å². The Morgan fingerprint density at radius 2 is 2.06 bits per heavy atom. The molecule has 2 amide bonds. The van der Waals surface area contributed by atoms with E-state index < -0.39 is 0 Å². The molecular formula is C28H29N3O3. The van der Waals surface area contributed by atoms with Gasteiger partial charge in [0.15, 0.2) is 0 Å². The number of hydrogen-bond acceptors (Lipinski definition) is 4. The summed E-state index contributed by atoms with van der Waals surface area (Å²) in [6.07, 6.45) is 5.32. The van der Waals surface area contributed by atoms with E-state index in [-0.39, 0.29) is 11.8 Å². The summed E-state index contributed by atoms with van der Waals surface area (Å²) in [6.45, 7) is 3.74. The van der Waals surface area contributed by atoms with Gasteiger partial charge in [-0.3, -0.25) is 9.59 Å². The van der Waals surface area contributed by atoms with Crippen molar-refractivity contribution >= 4 is 29.2 Å². The Labute approximate surface area is 199 Å². The number of likely N-dealkylation sites (tertiary alicyclic amines) is 1. The second-order valence-electron chi connectivity index (χ2n) is 9.18. The number of anilines is 1. The molecule has 1 atom stereocenters. The molecule has 2 aliphatic rings. The summed E-state index contributed by atoms with van der Waals surface area (Å²) < 4.78 is 6.03. The number of rotatable bonds is 5. The van der Waals surface area contributed by atoms with Crippen molar-refractivity contribution in [3.63, 3.8) is 0 Å². The van der Waals surface area contributed by atoms with Gasteiger partial charge in [0.1, 0.15) is 11.5 Å². The van der Waals surface area contributed by atoms with Crippen LogP contribution in [0.2, 0.25) is 0 Å². The molecule has 6 nitrogen and oxygen atoms in total. The number of aryl methyl sites for hydroxylation is 1. The number of carbonyl (C=O) groups excluding carboxylic acids is 2. The highest BCUT2D eigenvalue weighted by atomic mass is 16.3. The molecule has 0 bridgehead atoms. The second kappa shape index (κ2) is 9.31. The topological polar surface area (TPSA) is 74.6 Å². The number of furan rings is 1. The van der Waals surface area contributed by atoms with Crippen molar-refractivity contribution in [1.29, 1.82) is 0 Å². The predicted octanol–water partition coefficient (Wildman–Crippen LogP) is 4.96. The van der Waals surface area contributed by atoms with E-state index in [0.29, 0.717) is 35.2 Å². The minimum absolute atomic E-state index is 0.0793. The summed E-state index contributed by atoms with van der Waals surface area (Å²) >= 11 is 0. The molecule has 1 unspecified atom stereocenters. The predicted molar refractivity (Wildman–Crippen MR) is 134 cm³/mol. The number of carbonyl (C=O) groups is 2. The van der Waals surface area contributed by atoms with Gasteiger partial charge in [0.2, 0.25) is 0 Å². The van der Waals surface area contributed by atoms with Gasteiger partial charge in [-0.2, -0.15) is 0 Å². The maximum absolute atomic E-state index is 12.8. The van der Waals surface area contributed by atoms with Gasteiger partial charge in [0.05, 0.1) is 5.57 Å². The Kier molecular flexibility index (Phi) is 6.07. The maximum Gasteiger partial charge on any atom is 0.256 e. The normalized spacial score (nSPS) is 19.2. The van der Waals surface area contributed by atoms with E-state index in [2.05, 4.69) is 22.6 Å². The number of hydrogen-bond donors (Lipinski definition) is 2. The highest BCUT2D eigenvalue weighted by Gasteiger charge is 2.24. The summed E-state index contributed by atoms with van der Waals surface area (Å²) in [7, 11) is 2.12. The molecular weight excluding hydrogens is 426 g/mol. The summed E-state index contributed by atoms with van der Waals surface area (Å²) in [4.78, 5) is 27.6. The Morgan fingerprint density at radius 3 is 2.91 bits per heavy atom. The van der Waals surface area contributed by atoms with Crippen LogP contribution in [0.5, 0.6) is 0 Å². The van der Waals surface area contributed by atoms with E-state index in [4.69, 9.17) is 4.42 Å². The minimum Gasteiger partial charge on any atom is -0.457 e. The van der Waals surface area contributed by atoms with Gasteiger partial charge in [-0.25, -0.2) is 0 Å². The molecule has 34 heavy (non-hydrogen) atoms. The number of nitrogens with zero attached hydrogens (tertiary/aromatic N) is 1. The van der Waals surface area contributed by atoms with Gasteiger partial charge in [-0.05, 0) is 75.8 Å². The number of amides is 2. The minimum atomic E-state index is -0.138. The van der Waals surface area contributed by atoms with Gasteiger partial charge in [0.25, 0.3) is 11.8 Å². The fourth-order valence-corrected chi connectivity index (χ4v) is 4.70. The van der Waals surface area contributed by atoms with E-state index in [1.807, 2.05) is 61.5 Å². The molecule has 0 radical (unpaired) electrons. The van der Waals surface area contributed by atoms with Crippen molar-refractivity contribution in [2.45, 2.75) is 32.2 Å². The van der Waals surface area contributed by atoms with E-state index >= 15 is 0 Å². The molecule has 6 heteroatoms. The third-order valence-electron chi connectivity index (χ3n) is 6.70. The Balaban J connectivity index is 1.32. The molecule has 0 spiro atoms. The molecule has 3 aromatic rings. The zero-order valence-corrected chi connectivity index (χ0v) is 19.6. The van der Waals surface area contributed by atoms with E-state index in [1.165, 1.54) is 12.8 Å². The van der Waals surface area contributed by atoms with Crippen LogP contribution >= 0.6 is 0 Å². The van der Waals surface area contributed by atoms with Crippen LogP contribution in [0.25, 0.3) is 23.0 Å². The van der Waals surface area contributed by atoms with Crippen LogP contribution in [0.1, 0.15) is 46.5 Å². The lowest BCUT2D eigenvalue weighted by atomic mass is 10.0. The van der Waals surface area contributed by atoms with Crippen LogP contribution in [0.4, 0.5) is 5.69 Å². The fourth-order valence-electron chi connectivity index (χ4n) is 4.70. The average molecular weight is 456 g/mol. The van der Waals surface area contributed by atoms with Gasteiger partial charge >= 0.3 is 0 Å². The van der Waals surface area contributed by atoms with Crippen LogP contribution < -0.4 is 10.6 Å². The van der Waals surface area contributed by atoms with E-state index in [1.54, 1.807) is 6.08 Å². The second-order valence-corrected chi connectivity index (χ2v) is 9.18. The summed E-state index contributed by atoms with van der Waals surface area (Å²) in [5, 5.41) is 5.98. The molecule has 2 aliphatic heterocycles. The van der Waals surface area contributed by atoms with E-state index in [0.717, 1.165) is 35.3 Å². The quantitative estimate of drug-likeness (QED) is 0.533. The molecule has 1 saturated heterocycles. The zero-order valence-electron chi connectivity index (χ0n) is 19.6. The van der Waals surface area contributed by atoms with Crippen molar-refractivity contribution in [3.05, 3.63) is 77.0 Å². The third-order valence-corrected chi connectivity index (χ3v) is 6.70. The SMILES string of the molecule is Cc1ccc2c(c1)/C(=C\c1ccc(-c3cccc(C(=O)NCC4CCCCN4C)c3)o1)C(=O)N2. The first-order valence-corrected chi connectivity index (χ1v) is 11.8. The fraction of sp³-hybridized carbons (Fsp3) is 0.286. The van der Waals surface area contributed by atoms with Crippen LogP contribution in [0.15, 0.2) is 59.0 Å². The average Bonchev–Trinajstić information content (AvgIpc) is 3.43. The first-order chi connectivity index (χ1) is 16.5. The Bertz CT molecular complexity index is 1270. The van der Waals surface area contributed by atoms with Crippen LogP contribution in [-0.4, -0.2) is 42.9 Å². The third kappa shape index (κ3) is 4.54. The number of benzene rings is 2. The van der Waals surface area contributed by atoms with Crippen molar-refractivity contribution in [1.82, 2.24) is 10.2 Å². The Hall–Kier alpha value is -3.64. The highest BCUT2D eigenvalue weighted by molar-refractivity contribution is 6.34. The number of likely N-dealkylation sites (N-methyl/N-ethyl adjacent to an activating group) is 1. The monoisotopic (exact) mass is 455 g/mol. The first kappa shape index (κ1) is 22.2.